The van der Waals surface area contributed by atoms with E-state index in [1.54, 1.807) is 0 Å². The average molecular weight is 236 g/mol. The van der Waals surface area contributed by atoms with Crippen molar-refractivity contribution < 1.29 is 0 Å². The van der Waals surface area contributed by atoms with Gasteiger partial charge in [-0.25, -0.2) is 0 Å². The molecular weight excluding hydrogens is 220 g/mol. The van der Waals surface area contributed by atoms with E-state index in [9.17, 15) is 0 Å². The molecule has 0 heterocycles. The Morgan fingerprint density at radius 2 is 0.944 bits per heavy atom. The maximum Gasteiger partial charge on any atom is 0.0568 e. The molecule has 0 atom stereocenters. The summed E-state index contributed by atoms with van der Waals surface area (Å²) in [5, 5.41) is 15.9. The van der Waals surface area contributed by atoms with Gasteiger partial charge in [-0.05, 0) is 11.1 Å². The van der Waals surface area contributed by atoms with Crippen LogP contribution in [-0.2, 0) is 12.8 Å². The van der Waals surface area contributed by atoms with Gasteiger partial charge in [0.2, 0.25) is 0 Å². The van der Waals surface area contributed by atoms with Gasteiger partial charge in [0.15, 0.2) is 0 Å². The van der Waals surface area contributed by atoms with Gasteiger partial charge in [-0.3, -0.25) is 0 Å². The Balaban J connectivity index is 1.96. The molecule has 0 spiro atoms. The number of nitrogens with one attached hydrogen (secondary N) is 2. The number of hydrogen-bond donors (Lipinski definition) is 2. The second-order valence-corrected chi connectivity index (χ2v) is 4.28. The summed E-state index contributed by atoms with van der Waals surface area (Å²) in [5.74, 6) is 0. The first kappa shape index (κ1) is 12.2. The predicted molar refractivity (Wildman–Crippen MR) is 75.7 cm³/mol. The van der Waals surface area contributed by atoms with E-state index in [-0.39, 0.29) is 0 Å². The summed E-state index contributed by atoms with van der Waals surface area (Å²) in [6.07, 6.45) is 1.07. The molecule has 2 nitrogen and oxygen atoms in total. The Hall–Kier alpha value is -2.22. The van der Waals surface area contributed by atoms with Crippen molar-refractivity contribution in [1.82, 2.24) is 0 Å². The number of hydrogen-bond acceptors (Lipinski definition) is 2. The molecule has 0 amide bonds. The molecule has 0 saturated carbocycles. The van der Waals surface area contributed by atoms with Crippen LogP contribution >= 0.6 is 0 Å². The van der Waals surface area contributed by atoms with Crippen LogP contribution < -0.4 is 0 Å². The third-order valence-corrected chi connectivity index (χ3v) is 2.81. The lowest BCUT2D eigenvalue weighted by Crippen LogP contribution is -2.17. The molecule has 2 heteroatoms. The van der Waals surface area contributed by atoms with E-state index in [4.69, 9.17) is 10.8 Å². The van der Waals surface area contributed by atoms with Crippen molar-refractivity contribution in [2.24, 2.45) is 0 Å². The fraction of sp³-hybridized carbons (Fsp3) is 0.125. The van der Waals surface area contributed by atoms with Gasteiger partial charge in [0.1, 0.15) is 0 Å². The van der Waals surface area contributed by atoms with E-state index in [2.05, 4.69) is 0 Å². The first-order valence-electron chi connectivity index (χ1n) is 5.99. The molecule has 0 unspecified atom stereocenters. The molecule has 0 aliphatic rings. The van der Waals surface area contributed by atoms with E-state index in [1.807, 2.05) is 60.7 Å². The summed E-state index contributed by atoms with van der Waals surface area (Å²) in [7, 11) is 0. The molecule has 0 fully saturated rings. The monoisotopic (exact) mass is 236 g/mol. The molecular formula is C16H16N2. The zero-order chi connectivity index (χ0) is 12.8. The van der Waals surface area contributed by atoms with Gasteiger partial charge >= 0.3 is 0 Å². The smallest absolute Gasteiger partial charge is 0.0568 e. The summed E-state index contributed by atoms with van der Waals surface area (Å²) in [6.45, 7) is 0. The molecule has 0 aliphatic heterocycles. The molecule has 90 valence electrons. The van der Waals surface area contributed by atoms with Crippen LogP contribution in [0.1, 0.15) is 11.1 Å². The first-order chi connectivity index (χ1) is 8.75. The molecule has 2 aromatic carbocycles. The molecule has 2 N–H and O–H groups in total. The van der Waals surface area contributed by atoms with Gasteiger partial charge in [0.05, 0.1) is 11.4 Å². The van der Waals surface area contributed by atoms with Crippen molar-refractivity contribution in [3.05, 3.63) is 71.8 Å². The quantitative estimate of drug-likeness (QED) is 0.746. The van der Waals surface area contributed by atoms with Gasteiger partial charge < -0.3 is 10.8 Å². The molecule has 0 bridgehead atoms. The van der Waals surface area contributed by atoms with Crippen LogP contribution in [0, 0.1) is 10.8 Å². The van der Waals surface area contributed by atoms with Crippen molar-refractivity contribution in [1.29, 1.82) is 10.8 Å². The second-order valence-electron chi connectivity index (χ2n) is 4.28. The van der Waals surface area contributed by atoms with Crippen LogP contribution in [0.2, 0.25) is 0 Å². The van der Waals surface area contributed by atoms with Crippen LogP contribution in [0.15, 0.2) is 60.7 Å². The number of benzene rings is 2. The SMILES string of the molecule is N=C(Cc1ccccc1)C(=N)Cc1ccccc1. The standard InChI is InChI=1S/C16H16N2/c17-15(11-13-7-3-1-4-8-13)16(18)12-14-9-5-2-6-10-14/h1-10,17-18H,11-12H2. The highest BCUT2D eigenvalue weighted by Crippen LogP contribution is 2.05. The molecule has 0 radical (unpaired) electrons. The normalized spacial score (nSPS) is 10.0. The van der Waals surface area contributed by atoms with Crippen molar-refractivity contribution in [2.75, 3.05) is 0 Å². The molecule has 18 heavy (non-hydrogen) atoms. The van der Waals surface area contributed by atoms with Gasteiger partial charge in [0.25, 0.3) is 0 Å². The highest BCUT2D eigenvalue weighted by molar-refractivity contribution is 6.40. The summed E-state index contributed by atoms with van der Waals surface area (Å²) in [5.41, 5.74) is 2.95. The maximum atomic E-state index is 7.96. The lowest BCUT2D eigenvalue weighted by atomic mass is 10.0. The highest BCUT2D eigenvalue weighted by atomic mass is 14.5. The minimum absolute atomic E-state index is 0.394. The van der Waals surface area contributed by atoms with Crippen LogP contribution in [0.25, 0.3) is 0 Å². The first-order valence-corrected chi connectivity index (χ1v) is 5.99. The fourth-order valence-electron chi connectivity index (χ4n) is 1.81. The fourth-order valence-corrected chi connectivity index (χ4v) is 1.81. The summed E-state index contributed by atoms with van der Waals surface area (Å²) in [4.78, 5) is 0. The largest absolute Gasteiger partial charge is 0.303 e. The van der Waals surface area contributed by atoms with Crippen molar-refractivity contribution in [2.45, 2.75) is 12.8 Å². The Bertz CT molecular complexity index is 478. The van der Waals surface area contributed by atoms with Crippen LogP contribution in [0.5, 0.6) is 0 Å². The average Bonchev–Trinajstić information content (AvgIpc) is 2.41. The van der Waals surface area contributed by atoms with E-state index in [0.29, 0.717) is 24.3 Å². The topological polar surface area (TPSA) is 47.7 Å². The maximum absolute atomic E-state index is 7.96. The zero-order valence-electron chi connectivity index (χ0n) is 10.2. The van der Waals surface area contributed by atoms with Crippen molar-refractivity contribution in [3.8, 4) is 0 Å². The third kappa shape index (κ3) is 3.39. The molecule has 0 aliphatic carbocycles. The van der Waals surface area contributed by atoms with E-state index in [1.165, 1.54) is 0 Å². The van der Waals surface area contributed by atoms with Gasteiger partial charge in [0, 0.05) is 12.8 Å². The van der Waals surface area contributed by atoms with Gasteiger partial charge in [-0.15, -0.1) is 0 Å². The van der Waals surface area contributed by atoms with E-state index in [0.717, 1.165) is 11.1 Å². The Kier molecular flexibility index (Phi) is 4.02. The Morgan fingerprint density at radius 1 is 0.611 bits per heavy atom. The zero-order valence-corrected chi connectivity index (χ0v) is 10.2. The summed E-state index contributed by atoms with van der Waals surface area (Å²) >= 11 is 0. The van der Waals surface area contributed by atoms with Crippen molar-refractivity contribution in [3.63, 3.8) is 0 Å². The summed E-state index contributed by atoms with van der Waals surface area (Å²) < 4.78 is 0. The van der Waals surface area contributed by atoms with Gasteiger partial charge in [-0.2, -0.15) is 0 Å². The van der Waals surface area contributed by atoms with Crippen molar-refractivity contribution >= 4 is 11.4 Å². The highest BCUT2D eigenvalue weighted by Gasteiger charge is 2.07. The van der Waals surface area contributed by atoms with Crippen LogP contribution in [0.4, 0.5) is 0 Å². The van der Waals surface area contributed by atoms with Crippen LogP contribution in [0.3, 0.4) is 0 Å². The Labute approximate surface area is 107 Å². The third-order valence-electron chi connectivity index (χ3n) is 2.81. The van der Waals surface area contributed by atoms with E-state index < -0.39 is 0 Å². The lowest BCUT2D eigenvalue weighted by molar-refractivity contribution is 1.24. The molecule has 2 aromatic rings. The second kappa shape index (κ2) is 5.92. The minimum Gasteiger partial charge on any atom is -0.303 e. The van der Waals surface area contributed by atoms with Gasteiger partial charge in [-0.1, -0.05) is 60.7 Å². The lowest BCUT2D eigenvalue weighted by Gasteiger charge is -2.06. The molecule has 0 aromatic heterocycles. The number of rotatable bonds is 5. The molecule has 0 saturated heterocycles. The minimum atomic E-state index is 0.394. The van der Waals surface area contributed by atoms with E-state index >= 15 is 0 Å². The predicted octanol–water partition coefficient (Wildman–Crippen LogP) is 3.51. The van der Waals surface area contributed by atoms with Crippen LogP contribution in [-0.4, -0.2) is 11.4 Å². The Morgan fingerprint density at radius 3 is 1.28 bits per heavy atom. The molecule has 2 rings (SSSR count). The summed E-state index contributed by atoms with van der Waals surface area (Å²) in [6, 6.07) is 19.7.